The Kier molecular flexibility index (Phi) is 7.58. The van der Waals surface area contributed by atoms with Gasteiger partial charge in [0.1, 0.15) is 18.2 Å². The number of hydrogen-bond acceptors (Lipinski definition) is 5. The highest BCUT2D eigenvalue weighted by Crippen LogP contribution is 2.29. The number of ether oxygens (including phenoxy) is 1. The maximum atomic E-state index is 13.1. The molecule has 9 heteroatoms. The van der Waals surface area contributed by atoms with Crippen LogP contribution < -0.4 is 26.6 Å². The van der Waals surface area contributed by atoms with Crippen LogP contribution in [0.3, 0.4) is 0 Å². The highest BCUT2D eigenvalue weighted by atomic mass is 35.5. The van der Waals surface area contributed by atoms with Gasteiger partial charge in [-0.05, 0) is 42.7 Å². The Balaban J connectivity index is 1.94. The van der Waals surface area contributed by atoms with Crippen molar-refractivity contribution in [2.75, 3.05) is 23.8 Å². The van der Waals surface area contributed by atoms with Gasteiger partial charge in [0.15, 0.2) is 5.69 Å². The van der Waals surface area contributed by atoms with E-state index in [1.54, 1.807) is 24.3 Å². The van der Waals surface area contributed by atoms with Crippen molar-refractivity contribution >= 4 is 35.1 Å². The van der Waals surface area contributed by atoms with E-state index in [9.17, 15) is 14.4 Å². The molecule has 1 aliphatic heterocycles. The Morgan fingerprint density at radius 2 is 2.09 bits per heavy atom. The molecule has 0 saturated heterocycles. The Morgan fingerprint density at radius 1 is 1.31 bits per heavy atom. The maximum Gasteiger partial charge on any atom is 0.330 e. The molecule has 0 aliphatic carbocycles. The molecule has 3 N–H and O–H groups in total. The van der Waals surface area contributed by atoms with E-state index < -0.39 is 17.2 Å². The predicted octanol–water partition coefficient (Wildman–Crippen LogP) is 3.35. The summed E-state index contributed by atoms with van der Waals surface area (Å²) in [5.41, 5.74) is 6.50. The first kappa shape index (κ1) is 23.4. The summed E-state index contributed by atoms with van der Waals surface area (Å²) in [6.45, 7) is 4.82. The zero-order valence-electron chi connectivity index (χ0n) is 18.2. The van der Waals surface area contributed by atoms with Crippen molar-refractivity contribution in [3.05, 3.63) is 67.3 Å². The molecule has 0 atom stereocenters. The number of benzene rings is 1. The second kappa shape index (κ2) is 10.4. The highest BCUT2D eigenvalue weighted by molar-refractivity contribution is 6.30. The van der Waals surface area contributed by atoms with E-state index in [0.717, 1.165) is 23.3 Å². The standard InChI is InChI=1S/C23H27ClN4O4/c1-3-5-11-27(20-21(25)28(10-4-2)23(31)26-22(20)30)19(29)9-6-15-12-16-13-17(24)7-8-18(16)32-14-15/h6-9,12-13H,3-5,10-11,14,25H2,1-2H3,(H,26,30,31)/b9-6+. The first-order valence-corrected chi connectivity index (χ1v) is 11.0. The molecule has 170 valence electrons. The van der Waals surface area contributed by atoms with E-state index in [1.165, 1.54) is 15.5 Å². The minimum atomic E-state index is -0.679. The van der Waals surface area contributed by atoms with Crippen LogP contribution in [0.15, 0.2) is 45.5 Å². The van der Waals surface area contributed by atoms with Crippen LogP contribution in [0.25, 0.3) is 6.08 Å². The minimum absolute atomic E-state index is 0.00727. The van der Waals surface area contributed by atoms with Crippen molar-refractivity contribution < 1.29 is 9.53 Å². The van der Waals surface area contributed by atoms with Crippen LogP contribution in [0.5, 0.6) is 5.75 Å². The Labute approximate surface area is 190 Å². The molecule has 1 aromatic heterocycles. The van der Waals surface area contributed by atoms with E-state index in [0.29, 0.717) is 37.6 Å². The molecular formula is C23H27ClN4O4. The lowest BCUT2D eigenvalue weighted by molar-refractivity contribution is -0.114. The number of nitrogens with zero attached hydrogens (tertiary/aromatic N) is 2. The van der Waals surface area contributed by atoms with Gasteiger partial charge in [-0.3, -0.25) is 19.1 Å². The number of fused-ring (bicyclic) bond motifs is 1. The quantitative estimate of drug-likeness (QED) is 0.589. The van der Waals surface area contributed by atoms with E-state index in [1.807, 2.05) is 19.9 Å². The van der Waals surface area contributed by atoms with Gasteiger partial charge in [-0.1, -0.05) is 37.9 Å². The van der Waals surface area contributed by atoms with Crippen LogP contribution in [0.1, 0.15) is 38.7 Å². The van der Waals surface area contributed by atoms with Gasteiger partial charge < -0.3 is 15.4 Å². The van der Waals surface area contributed by atoms with Crippen LogP contribution >= 0.6 is 11.6 Å². The molecule has 3 rings (SSSR count). The van der Waals surface area contributed by atoms with Crippen LogP contribution in [0, 0.1) is 0 Å². The lowest BCUT2D eigenvalue weighted by atomic mass is 10.1. The van der Waals surface area contributed by atoms with Crippen molar-refractivity contribution in [2.24, 2.45) is 0 Å². The number of anilines is 2. The number of H-pyrrole nitrogens is 1. The molecule has 0 fully saturated rings. The fourth-order valence-corrected chi connectivity index (χ4v) is 3.64. The number of amides is 1. The van der Waals surface area contributed by atoms with Gasteiger partial charge in [0, 0.05) is 29.8 Å². The second-order valence-electron chi connectivity index (χ2n) is 7.51. The number of aromatic nitrogens is 2. The average Bonchev–Trinajstić information content (AvgIpc) is 2.76. The Morgan fingerprint density at radius 3 is 2.81 bits per heavy atom. The van der Waals surface area contributed by atoms with Crippen molar-refractivity contribution in [3.63, 3.8) is 0 Å². The van der Waals surface area contributed by atoms with Crippen molar-refractivity contribution in [3.8, 4) is 5.75 Å². The topological polar surface area (TPSA) is 110 Å². The lowest BCUT2D eigenvalue weighted by Crippen LogP contribution is -2.41. The second-order valence-corrected chi connectivity index (χ2v) is 7.95. The molecule has 0 saturated carbocycles. The normalized spacial score (nSPS) is 12.9. The summed E-state index contributed by atoms with van der Waals surface area (Å²) in [5.74, 6) is 0.303. The van der Waals surface area contributed by atoms with Gasteiger partial charge in [0.05, 0.1) is 0 Å². The van der Waals surface area contributed by atoms with Crippen molar-refractivity contribution in [1.29, 1.82) is 0 Å². The SMILES string of the molecule is CCCCN(C(=O)/C=C/C1=Cc2cc(Cl)ccc2OC1)c1c(N)n(CCC)c(=O)[nH]c1=O. The average molecular weight is 459 g/mol. The van der Waals surface area contributed by atoms with E-state index in [2.05, 4.69) is 4.98 Å². The number of nitrogen functional groups attached to an aromatic ring is 1. The summed E-state index contributed by atoms with van der Waals surface area (Å²) in [5, 5.41) is 0.590. The van der Waals surface area contributed by atoms with Gasteiger partial charge >= 0.3 is 5.69 Å². The lowest BCUT2D eigenvalue weighted by Gasteiger charge is -2.23. The third-order valence-electron chi connectivity index (χ3n) is 5.08. The molecule has 1 aliphatic rings. The molecule has 8 nitrogen and oxygen atoms in total. The monoisotopic (exact) mass is 458 g/mol. The summed E-state index contributed by atoms with van der Waals surface area (Å²) in [7, 11) is 0. The van der Waals surface area contributed by atoms with Gasteiger partial charge in [-0.15, -0.1) is 0 Å². The minimum Gasteiger partial charge on any atom is -0.488 e. The maximum absolute atomic E-state index is 13.1. The number of rotatable bonds is 8. The van der Waals surface area contributed by atoms with Gasteiger partial charge in [0.25, 0.3) is 11.5 Å². The van der Waals surface area contributed by atoms with Gasteiger partial charge in [-0.2, -0.15) is 0 Å². The third-order valence-corrected chi connectivity index (χ3v) is 5.31. The number of nitrogens with one attached hydrogen (secondary N) is 1. The Bertz CT molecular complexity index is 1180. The largest absolute Gasteiger partial charge is 0.488 e. The first-order chi connectivity index (χ1) is 15.3. The number of hydrogen-bond donors (Lipinski definition) is 2. The molecule has 0 spiro atoms. The van der Waals surface area contributed by atoms with Crippen LogP contribution in [0.4, 0.5) is 11.5 Å². The molecule has 2 aromatic rings. The number of halogens is 1. The highest BCUT2D eigenvalue weighted by Gasteiger charge is 2.22. The zero-order chi connectivity index (χ0) is 23.3. The molecule has 32 heavy (non-hydrogen) atoms. The zero-order valence-corrected chi connectivity index (χ0v) is 18.9. The summed E-state index contributed by atoms with van der Waals surface area (Å²) in [6, 6.07) is 5.34. The molecule has 0 bridgehead atoms. The number of aromatic amines is 1. The molecular weight excluding hydrogens is 432 g/mol. The number of carbonyl (C=O) groups is 1. The smallest absolute Gasteiger partial charge is 0.330 e. The summed E-state index contributed by atoms with van der Waals surface area (Å²) < 4.78 is 6.99. The summed E-state index contributed by atoms with van der Waals surface area (Å²) >= 11 is 6.05. The molecule has 2 heterocycles. The first-order valence-electron chi connectivity index (χ1n) is 10.6. The molecule has 1 amide bonds. The number of nitrogens with two attached hydrogens (primary N) is 1. The summed E-state index contributed by atoms with van der Waals surface area (Å²) in [6.07, 6.45) is 7.07. The van der Waals surface area contributed by atoms with E-state index in [4.69, 9.17) is 22.1 Å². The van der Waals surface area contributed by atoms with Gasteiger partial charge in [0.2, 0.25) is 0 Å². The molecule has 0 radical (unpaired) electrons. The molecule has 1 aromatic carbocycles. The van der Waals surface area contributed by atoms with E-state index in [-0.39, 0.29) is 11.5 Å². The predicted molar refractivity (Wildman–Crippen MR) is 127 cm³/mol. The van der Waals surface area contributed by atoms with Crippen molar-refractivity contribution in [2.45, 2.75) is 39.7 Å². The molecule has 0 unspecified atom stereocenters. The van der Waals surface area contributed by atoms with Crippen molar-refractivity contribution in [1.82, 2.24) is 9.55 Å². The van der Waals surface area contributed by atoms with E-state index >= 15 is 0 Å². The summed E-state index contributed by atoms with van der Waals surface area (Å²) in [4.78, 5) is 41.4. The van der Waals surface area contributed by atoms with Crippen LogP contribution in [-0.4, -0.2) is 28.6 Å². The Hall–Kier alpha value is -3.26. The van der Waals surface area contributed by atoms with Gasteiger partial charge in [-0.25, -0.2) is 4.79 Å². The van der Waals surface area contributed by atoms with Crippen LogP contribution in [-0.2, 0) is 11.3 Å². The fraction of sp³-hybridized carbons (Fsp3) is 0.348. The number of unbranched alkanes of at least 4 members (excludes halogenated alkanes) is 1. The third kappa shape index (κ3) is 5.13. The number of carbonyl (C=O) groups excluding carboxylic acids is 1. The van der Waals surface area contributed by atoms with Crippen LogP contribution in [0.2, 0.25) is 5.02 Å². The fourth-order valence-electron chi connectivity index (χ4n) is 3.46.